The van der Waals surface area contributed by atoms with E-state index in [2.05, 4.69) is 27.3 Å². The zero-order valence-corrected chi connectivity index (χ0v) is 18.6. The number of anilines is 1. The van der Waals surface area contributed by atoms with E-state index in [-0.39, 0.29) is 17.5 Å². The SMILES string of the molecule is Cc1nc2nc(NCc3ccc(Cl)cc3)[nH]n2c(=O)c1CCC(=O)N1CCCCC1C. The summed E-state index contributed by atoms with van der Waals surface area (Å²) in [6, 6.07) is 7.76. The van der Waals surface area contributed by atoms with Crippen molar-refractivity contribution < 1.29 is 4.79 Å². The molecule has 3 heterocycles. The van der Waals surface area contributed by atoms with Gasteiger partial charge in [0.15, 0.2) is 0 Å². The summed E-state index contributed by atoms with van der Waals surface area (Å²) >= 11 is 5.92. The van der Waals surface area contributed by atoms with E-state index in [9.17, 15) is 9.59 Å². The number of hydrogen-bond donors (Lipinski definition) is 2. The number of benzene rings is 1. The molecule has 0 radical (unpaired) electrons. The van der Waals surface area contributed by atoms with Crippen molar-refractivity contribution in [2.75, 3.05) is 11.9 Å². The first-order valence-electron chi connectivity index (χ1n) is 10.7. The maximum Gasteiger partial charge on any atom is 0.277 e. The minimum absolute atomic E-state index is 0.103. The Balaban J connectivity index is 1.47. The van der Waals surface area contributed by atoms with E-state index in [1.165, 1.54) is 10.9 Å². The monoisotopic (exact) mass is 442 g/mol. The van der Waals surface area contributed by atoms with Gasteiger partial charge in [0.25, 0.3) is 11.3 Å². The second-order valence-electron chi connectivity index (χ2n) is 8.10. The van der Waals surface area contributed by atoms with E-state index in [0.29, 0.717) is 47.4 Å². The first kappa shape index (κ1) is 21.4. The van der Waals surface area contributed by atoms with Crippen LogP contribution in [0.3, 0.4) is 0 Å². The molecular formula is C22H27ClN6O2. The summed E-state index contributed by atoms with van der Waals surface area (Å²) in [4.78, 5) is 36.5. The molecule has 164 valence electrons. The predicted octanol–water partition coefficient (Wildman–Crippen LogP) is 3.33. The van der Waals surface area contributed by atoms with E-state index < -0.39 is 0 Å². The number of fused-ring (bicyclic) bond motifs is 1. The second kappa shape index (κ2) is 9.09. The van der Waals surface area contributed by atoms with Crippen LogP contribution in [0.4, 0.5) is 5.95 Å². The number of halogens is 1. The Bertz CT molecular complexity index is 1140. The van der Waals surface area contributed by atoms with Gasteiger partial charge in [-0.2, -0.15) is 9.50 Å². The zero-order valence-electron chi connectivity index (χ0n) is 17.8. The third kappa shape index (κ3) is 4.74. The third-order valence-corrected chi connectivity index (χ3v) is 6.13. The number of nitrogens with zero attached hydrogens (tertiary/aromatic N) is 4. The van der Waals surface area contributed by atoms with Crippen LogP contribution in [0.15, 0.2) is 29.1 Å². The molecule has 2 aromatic heterocycles. The molecule has 8 nitrogen and oxygen atoms in total. The molecule has 0 saturated carbocycles. The van der Waals surface area contributed by atoms with Crippen LogP contribution >= 0.6 is 11.6 Å². The number of hydrogen-bond acceptors (Lipinski definition) is 5. The highest BCUT2D eigenvalue weighted by atomic mass is 35.5. The molecular weight excluding hydrogens is 416 g/mol. The molecule has 1 aliphatic rings. The van der Waals surface area contributed by atoms with Gasteiger partial charge in [0.05, 0.1) is 5.69 Å². The van der Waals surface area contributed by atoms with Crippen LogP contribution in [0, 0.1) is 6.92 Å². The number of aromatic amines is 1. The number of likely N-dealkylation sites (tertiary alicyclic amines) is 1. The van der Waals surface area contributed by atoms with Crippen molar-refractivity contribution in [3.05, 3.63) is 56.5 Å². The van der Waals surface area contributed by atoms with Crippen LogP contribution in [0.5, 0.6) is 0 Å². The number of carbonyl (C=O) groups excluding carboxylic acids is 1. The van der Waals surface area contributed by atoms with Crippen LogP contribution in [0.25, 0.3) is 5.78 Å². The van der Waals surface area contributed by atoms with Gasteiger partial charge in [0, 0.05) is 36.1 Å². The molecule has 3 aromatic rings. The van der Waals surface area contributed by atoms with Crippen molar-refractivity contribution in [1.29, 1.82) is 0 Å². The molecule has 4 rings (SSSR count). The third-order valence-electron chi connectivity index (χ3n) is 5.88. The molecule has 0 bridgehead atoms. The molecule has 2 N–H and O–H groups in total. The fourth-order valence-electron chi connectivity index (χ4n) is 4.05. The minimum atomic E-state index is -0.214. The molecule has 1 fully saturated rings. The summed E-state index contributed by atoms with van der Waals surface area (Å²) in [6.45, 7) is 5.22. The topological polar surface area (TPSA) is 95.4 Å². The van der Waals surface area contributed by atoms with Gasteiger partial charge in [-0.05, 0) is 57.2 Å². The molecule has 0 aliphatic carbocycles. The maximum atomic E-state index is 13.0. The van der Waals surface area contributed by atoms with E-state index >= 15 is 0 Å². The smallest absolute Gasteiger partial charge is 0.277 e. The Morgan fingerprint density at radius 2 is 2.03 bits per heavy atom. The number of piperidine rings is 1. The Kier molecular flexibility index (Phi) is 6.27. The molecule has 31 heavy (non-hydrogen) atoms. The molecule has 1 unspecified atom stereocenters. The van der Waals surface area contributed by atoms with Gasteiger partial charge in [-0.15, -0.1) is 0 Å². The molecule has 1 aromatic carbocycles. The standard InChI is InChI=1S/C22H27ClN6O2/c1-14-5-3-4-12-28(14)19(30)11-10-18-15(2)25-22-26-21(27-29(22)20(18)31)24-13-16-6-8-17(23)9-7-16/h6-9,14H,3-5,10-13H2,1-2H3,(H2,24,25,26,27). The van der Waals surface area contributed by atoms with Crippen LogP contribution in [-0.2, 0) is 17.8 Å². The van der Waals surface area contributed by atoms with Crippen LogP contribution < -0.4 is 10.9 Å². The fraction of sp³-hybridized carbons (Fsp3) is 0.455. The van der Waals surface area contributed by atoms with Crippen molar-refractivity contribution in [1.82, 2.24) is 24.5 Å². The molecule has 1 atom stereocenters. The number of aromatic nitrogens is 4. The van der Waals surface area contributed by atoms with E-state index in [4.69, 9.17) is 11.6 Å². The Morgan fingerprint density at radius 1 is 1.26 bits per heavy atom. The number of amides is 1. The highest BCUT2D eigenvalue weighted by molar-refractivity contribution is 6.30. The average Bonchev–Trinajstić information content (AvgIpc) is 3.16. The molecule has 1 amide bonds. The van der Waals surface area contributed by atoms with Gasteiger partial charge >= 0.3 is 0 Å². The number of rotatable bonds is 6. The van der Waals surface area contributed by atoms with E-state index in [1.54, 1.807) is 6.92 Å². The summed E-state index contributed by atoms with van der Waals surface area (Å²) in [5.41, 5.74) is 1.98. The van der Waals surface area contributed by atoms with Gasteiger partial charge in [-0.3, -0.25) is 14.7 Å². The summed E-state index contributed by atoms with van der Waals surface area (Å²) in [6.07, 6.45) is 3.94. The normalized spacial score (nSPS) is 16.6. The maximum absolute atomic E-state index is 13.0. The van der Waals surface area contributed by atoms with Gasteiger partial charge in [-0.1, -0.05) is 23.7 Å². The van der Waals surface area contributed by atoms with Crippen LogP contribution in [0.1, 0.15) is 49.4 Å². The number of H-pyrrole nitrogens is 1. The fourth-order valence-corrected chi connectivity index (χ4v) is 4.18. The molecule has 0 spiro atoms. The predicted molar refractivity (Wildman–Crippen MR) is 120 cm³/mol. The van der Waals surface area contributed by atoms with Crippen molar-refractivity contribution in [3.8, 4) is 0 Å². The van der Waals surface area contributed by atoms with Crippen molar-refractivity contribution in [2.45, 2.75) is 58.5 Å². The lowest BCUT2D eigenvalue weighted by atomic mass is 10.0. The highest BCUT2D eigenvalue weighted by Crippen LogP contribution is 2.18. The Morgan fingerprint density at radius 3 is 2.77 bits per heavy atom. The van der Waals surface area contributed by atoms with Crippen LogP contribution in [-0.4, -0.2) is 43.0 Å². The zero-order chi connectivity index (χ0) is 22.0. The Labute approximate surface area is 185 Å². The number of nitrogens with one attached hydrogen (secondary N) is 2. The lowest BCUT2D eigenvalue weighted by Gasteiger charge is -2.33. The quantitative estimate of drug-likeness (QED) is 0.610. The number of aryl methyl sites for hydroxylation is 1. The van der Waals surface area contributed by atoms with Gasteiger partial charge in [0.1, 0.15) is 0 Å². The molecule has 1 aliphatic heterocycles. The van der Waals surface area contributed by atoms with Gasteiger partial charge in [0.2, 0.25) is 11.9 Å². The van der Waals surface area contributed by atoms with Crippen LogP contribution in [0.2, 0.25) is 5.02 Å². The lowest BCUT2D eigenvalue weighted by Crippen LogP contribution is -2.42. The molecule has 1 saturated heterocycles. The summed E-state index contributed by atoms with van der Waals surface area (Å²) in [7, 11) is 0. The van der Waals surface area contributed by atoms with E-state index in [0.717, 1.165) is 24.9 Å². The van der Waals surface area contributed by atoms with Crippen molar-refractivity contribution in [3.63, 3.8) is 0 Å². The van der Waals surface area contributed by atoms with Crippen molar-refractivity contribution in [2.24, 2.45) is 0 Å². The highest BCUT2D eigenvalue weighted by Gasteiger charge is 2.23. The first-order valence-corrected chi connectivity index (χ1v) is 11.1. The van der Waals surface area contributed by atoms with E-state index in [1.807, 2.05) is 29.2 Å². The lowest BCUT2D eigenvalue weighted by molar-refractivity contribution is -0.134. The number of carbonyl (C=O) groups is 1. The molecule has 9 heteroatoms. The van der Waals surface area contributed by atoms with Gasteiger partial charge < -0.3 is 10.2 Å². The minimum Gasteiger partial charge on any atom is -0.351 e. The Hall–Kier alpha value is -2.87. The summed E-state index contributed by atoms with van der Waals surface area (Å²) < 4.78 is 1.33. The van der Waals surface area contributed by atoms with Crippen molar-refractivity contribution >= 4 is 29.2 Å². The summed E-state index contributed by atoms with van der Waals surface area (Å²) in [5, 5.41) is 6.81. The summed E-state index contributed by atoms with van der Waals surface area (Å²) in [5.74, 6) is 0.862. The second-order valence-corrected chi connectivity index (χ2v) is 8.54. The van der Waals surface area contributed by atoms with Gasteiger partial charge in [-0.25, -0.2) is 4.98 Å². The first-order chi connectivity index (χ1) is 14.9. The largest absolute Gasteiger partial charge is 0.351 e. The average molecular weight is 443 g/mol.